The summed E-state index contributed by atoms with van der Waals surface area (Å²) in [5.74, 6) is 0. The van der Waals surface area contributed by atoms with Crippen LogP contribution in [0.25, 0.3) is 0 Å². The minimum absolute atomic E-state index is 0.106. The molecule has 1 heterocycles. The monoisotopic (exact) mass is 235 g/mol. The van der Waals surface area contributed by atoms with E-state index in [1.54, 1.807) is 0 Å². The number of rotatable bonds is 4. The topological polar surface area (TPSA) is 41.5 Å². The van der Waals surface area contributed by atoms with Crippen molar-refractivity contribution in [3.63, 3.8) is 0 Å². The highest BCUT2D eigenvalue weighted by Crippen LogP contribution is 2.22. The summed E-state index contributed by atoms with van der Waals surface area (Å²) >= 11 is 0. The van der Waals surface area contributed by atoms with Gasteiger partial charge in [0.2, 0.25) is 0 Å². The lowest BCUT2D eigenvalue weighted by Gasteiger charge is -2.35. The molecule has 0 spiro atoms. The Bertz CT molecular complexity index is 335. The fourth-order valence-electron chi connectivity index (χ4n) is 2.32. The van der Waals surface area contributed by atoms with Crippen molar-refractivity contribution in [2.45, 2.75) is 31.3 Å². The predicted molar refractivity (Wildman–Crippen MR) is 67.9 cm³/mol. The minimum atomic E-state index is -0.358. The molecule has 2 rings (SSSR count). The smallest absolute Gasteiger partial charge is 0.0652 e. The quantitative estimate of drug-likeness (QED) is 0.834. The van der Waals surface area contributed by atoms with Crippen molar-refractivity contribution in [3.8, 4) is 0 Å². The summed E-state index contributed by atoms with van der Waals surface area (Å²) in [7, 11) is 0. The lowest BCUT2D eigenvalue weighted by atomic mass is 9.91. The lowest BCUT2D eigenvalue weighted by molar-refractivity contribution is 0.0598. The maximum absolute atomic E-state index is 9.68. The van der Waals surface area contributed by atoms with Gasteiger partial charge < -0.3 is 15.2 Å². The van der Waals surface area contributed by atoms with Crippen LogP contribution < -0.4 is 5.32 Å². The first-order valence-electron chi connectivity index (χ1n) is 6.26. The Morgan fingerprint density at radius 3 is 2.53 bits per heavy atom. The summed E-state index contributed by atoms with van der Waals surface area (Å²) in [6, 6.07) is 10.6. The zero-order chi connectivity index (χ0) is 12.1. The Balaban J connectivity index is 2.08. The van der Waals surface area contributed by atoms with Crippen LogP contribution in [0.4, 0.5) is 0 Å². The van der Waals surface area contributed by atoms with Crippen LogP contribution in [0.5, 0.6) is 0 Å². The molecule has 1 aliphatic rings. The summed E-state index contributed by atoms with van der Waals surface area (Å²) < 4.78 is 5.35. The van der Waals surface area contributed by atoms with E-state index in [9.17, 15) is 5.11 Å². The summed E-state index contributed by atoms with van der Waals surface area (Å²) in [5, 5.41) is 13.2. The van der Waals surface area contributed by atoms with Crippen molar-refractivity contribution in [3.05, 3.63) is 35.9 Å². The van der Waals surface area contributed by atoms with E-state index in [1.807, 2.05) is 18.2 Å². The summed E-state index contributed by atoms with van der Waals surface area (Å²) in [6.07, 6.45) is 2.03. The third-order valence-corrected chi connectivity index (χ3v) is 3.47. The van der Waals surface area contributed by atoms with E-state index in [1.165, 1.54) is 0 Å². The van der Waals surface area contributed by atoms with Gasteiger partial charge in [0.1, 0.15) is 0 Å². The van der Waals surface area contributed by atoms with Crippen LogP contribution in [-0.2, 0) is 10.3 Å². The number of hydrogen-bond acceptors (Lipinski definition) is 3. The molecule has 94 valence electrons. The van der Waals surface area contributed by atoms with Crippen LogP contribution in [0.3, 0.4) is 0 Å². The van der Waals surface area contributed by atoms with Gasteiger partial charge >= 0.3 is 0 Å². The highest BCUT2D eigenvalue weighted by molar-refractivity contribution is 5.24. The molecule has 1 unspecified atom stereocenters. The van der Waals surface area contributed by atoms with Crippen LogP contribution >= 0.6 is 0 Å². The molecule has 17 heavy (non-hydrogen) atoms. The molecule has 1 saturated heterocycles. The van der Waals surface area contributed by atoms with Gasteiger partial charge in [0.25, 0.3) is 0 Å². The predicted octanol–water partition coefficient (Wildman–Crippen LogP) is 1.66. The van der Waals surface area contributed by atoms with E-state index in [2.05, 4.69) is 24.4 Å². The van der Waals surface area contributed by atoms with Gasteiger partial charge in [-0.3, -0.25) is 0 Å². The van der Waals surface area contributed by atoms with Crippen LogP contribution in [0, 0.1) is 0 Å². The average Bonchev–Trinajstić information content (AvgIpc) is 2.41. The molecule has 0 saturated carbocycles. The van der Waals surface area contributed by atoms with E-state index in [0.717, 1.165) is 31.6 Å². The Kier molecular flexibility index (Phi) is 4.15. The van der Waals surface area contributed by atoms with Crippen LogP contribution in [0.1, 0.15) is 25.3 Å². The molecule has 3 nitrogen and oxygen atoms in total. The fraction of sp³-hybridized carbons (Fsp3) is 0.571. The standard InChI is InChI=1S/C14H21NO2/c1-14(11-16,12-5-3-2-4-6-12)15-13-7-9-17-10-8-13/h2-6,13,15-16H,7-11H2,1H3. The maximum Gasteiger partial charge on any atom is 0.0652 e. The Labute approximate surface area is 103 Å². The zero-order valence-electron chi connectivity index (χ0n) is 10.4. The van der Waals surface area contributed by atoms with Gasteiger partial charge in [-0.25, -0.2) is 0 Å². The van der Waals surface area contributed by atoms with Gasteiger partial charge in [-0.2, -0.15) is 0 Å². The Morgan fingerprint density at radius 2 is 1.94 bits per heavy atom. The van der Waals surface area contributed by atoms with Crippen molar-refractivity contribution < 1.29 is 9.84 Å². The maximum atomic E-state index is 9.68. The molecular formula is C14H21NO2. The van der Waals surface area contributed by atoms with E-state index in [4.69, 9.17) is 4.74 Å². The normalized spacial score (nSPS) is 21.1. The molecule has 0 bridgehead atoms. The molecule has 3 heteroatoms. The van der Waals surface area contributed by atoms with Crippen LogP contribution in [-0.4, -0.2) is 31.0 Å². The largest absolute Gasteiger partial charge is 0.394 e. The van der Waals surface area contributed by atoms with E-state index >= 15 is 0 Å². The molecule has 1 aromatic carbocycles. The number of benzene rings is 1. The third kappa shape index (κ3) is 3.06. The van der Waals surface area contributed by atoms with E-state index in [-0.39, 0.29) is 12.1 Å². The van der Waals surface area contributed by atoms with Crippen LogP contribution in [0.2, 0.25) is 0 Å². The molecule has 1 fully saturated rings. The second-order valence-corrected chi connectivity index (χ2v) is 4.89. The average molecular weight is 235 g/mol. The van der Waals surface area contributed by atoms with Gasteiger partial charge in [0.05, 0.1) is 12.1 Å². The van der Waals surface area contributed by atoms with Gasteiger partial charge in [0.15, 0.2) is 0 Å². The minimum Gasteiger partial charge on any atom is -0.394 e. The first-order valence-corrected chi connectivity index (χ1v) is 6.26. The molecule has 0 amide bonds. The SMILES string of the molecule is CC(CO)(NC1CCOCC1)c1ccccc1. The van der Waals surface area contributed by atoms with E-state index in [0.29, 0.717) is 6.04 Å². The first kappa shape index (κ1) is 12.6. The Hall–Kier alpha value is -0.900. The molecule has 1 aliphatic heterocycles. The molecule has 0 aliphatic carbocycles. The van der Waals surface area contributed by atoms with Gasteiger partial charge in [0, 0.05) is 19.3 Å². The highest BCUT2D eigenvalue weighted by Gasteiger charge is 2.29. The van der Waals surface area contributed by atoms with Crippen molar-refractivity contribution in [1.29, 1.82) is 0 Å². The molecular weight excluding hydrogens is 214 g/mol. The third-order valence-electron chi connectivity index (χ3n) is 3.47. The number of nitrogens with one attached hydrogen (secondary N) is 1. The van der Waals surface area contributed by atoms with Gasteiger partial charge in [-0.15, -0.1) is 0 Å². The number of aliphatic hydroxyl groups is 1. The fourth-order valence-corrected chi connectivity index (χ4v) is 2.32. The molecule has 0 aromatic heterocycles. The molecule has 1 aromatic rings. The van der Waals surface area contributed by atoms with E-state index < -0.39 is 0 Å². The number of aliphatic hydroxyl groups excluding tert-OH is 1. The van der Waals surface area contributed by atoms with Gasteiger partial charge in [-0.1, -0.05) is 30.3 Å². The summed E-state index contributed by atoms with van der Waals surface area (Å²) in [6.45, 7) is 3.79. The number of hydrogen-bond donors (Lipinski definition) is 2. The second-order valence-electron chi connectivity index (χ2n) is 4.89. The van der Waals surface area contributed by atoms with Crippen molar-refractivity contribution in [2.24, 2.45) is 0 Å². The highest BCUT2D eigenvalue weighted by atomic mass is 16.5. The molecule has 1 atom stereocenters. The summed E-state index contributed by atoms with van der Waals surface area (Å²) in [4.78, 5) is 0. The van der Waals surface area contributed by atoms with Crippen molar-refractivity contribution >= 4 is 0 Å². The van der Waals surface area contributed by atoms with Crippen molar-refractivity contribution in [2.75, 3.05) is 19.8 Å². The second kappa shape index (κ2) is 5.63. The molecule has 0 radical (unpaired) electrons. The number of ether oxygens (including phenoxy) is 1. The zero-order valence-corrected chi connectivity index (χ0v) is 10.4. The van der Waals surface area contributed by atoms with Crippen molar-refractivity contribution in [1.82, 2.24) is 5.32 Å². The summed E-state index contributed by atoms with van der Waals surface area (Å²) in [5.41, 5.74) is 0.775. The Morgan fingerprint density at radius 1 is 1.29 bits per heavy atom. The van der Waals surface area contributed by atoms with Gasteiger partial charge in [-0.05, 0) is 25.3 Å². The molecule has 2 N–H and O–H groups in total. The lowest BCUT2D eigenvalue weighted by Crippen LogP contribution is -2.50. The van der Waals surface area contributed by atoms with Crippen LogP contribution in [0.15, 0.2) is 30.3 Å². The first-order chi connectivity index (χ1) is 8.24.